The molecule has 1 unspecified atom stereocenters. The van der Waals surface area contributed by atoms with Crippen molar-refractivity contribution in [1.82, 2.24) is 5.32 Å². The smallest absolute Gasteiger partial charge is 0.220 e. The average Bonchev–Trinajstić information content (AvgIpc) is 2.39. The molecule has 0 aromatic heterocycles. The first-order valence-corrected chi connectivity index (χ1v) is 7.29. The van der Waals surface area contributed by atoms with E-state index in [2.05, 4.69) is 5.32 Å². The minimum atomic E-state index is 0.00785. The van der Waals surface area contributed by atoms with Crippen LogP contribution in [0.2, 0.25) is 0 Å². The Morgan fingerprint density at radius 1 is 1.20 bits per heavy atom. The van der Waals surface area contributed by atoms with Crippen LogP contribution in [0.4, 0.5) is 0 Å². The molecule has 1 aromatic rings. The van der Waals surface area contributed by atoms with Crippen LogP contribution in [0.25, 0.3) is 0 Å². The van der Waals surface area contributed by atoms with Gasteiger partial charge in [0.05, 0.1) is 12.1 Å². The van der Waals surface area contributed by atoms with Crippen molar-refractivity contribution in [3.05, 3.63) is 29.8 Å². The van der Waals surface area contributed by atoms with E-state index in [4.69, 9.17) is 10.5 Å². The van der Waals surface area contributed by atoms with Crippen LogP contribution in [-0.4, -0.2) is 18.6 Å². The van der Waals surface area contributed by atoms with Gasteiger partial charge in [-0.25, -0.2) is 0 Å². The maximum Gasteiger partial charge on any atom is 0.220 e. The van der Waals surface area contributed by atoms with Crippen molar-refractivity contribution < 1.29 is 9.53 Å². The number of hydrogen-bond donors (Lipinski definition) is 2. The average molecular weight is 278 g/mol. The van der Waals surface area contributed by atoms with Crippen molar-refractivity contribution in [2.24, 2.45) is 5.73 Å². The summed E-state index contributed by atoms with van der Waals surface area (Å²) < 4.78 is 5.60. The van der Waals surface area contributed by atoms with Gasteiger partial charge in [0.15, 0.2) is 0 Å². The Labute approximate surface area is 121 Å². The number of ether oxygens (including phenoxy) is 1. The zero-order valence-electron chi connectivity index (χ0n) is 12.7. The van der Waals surface area contributed by atoms with E-state index in [0.717, 1.165) is 24.2 Å². The van der Waals surface area contributed by atoms with E-state index in [1.165, 1.54) is 0 Å². The molecule has 1 amide bonds. The van der Waals surface area contributed by atoms with Crippen LogP contribution >= 0.6 is 0 Å². The van der Waals surface area contributed by atoms with E-state index in [-0.39, 0.29) is 18.1 Å². The topological polar surface area (TPSA) is 64.3 Å². The number of unbranched alkanes of at least 4 members (excludes halogenated alkanes) is 1. The van der Waals surface area contributed by atoms with Gasteiger partial charge in [0.2, 0.25) is 5.91 Å². The van der Waals surface area contributed by atoms with Gasteiger partial charge in [-0.2, -0.15) is 0 Å². The quantitative estimate of drug-likeness (QED) is 0.719. The molecule has 112 valence electrons. The molecule has 1 atom stereocenters. The van der Waals surface area contributed by atoms with E-state index in [1.807, 2.05) is 45.0 Å². The van der Waals surface area contributed by atoms with Gasteiger partial charge in [-0.15, -0.1) is 0 Å². The largest absolute Gasteiger partial charge is 0.491 e. The van der Waals surface area contributed by atoms with Crippen molar-refractivity contribution in [2.45, 2.75) is 52.2 Å². The highest BCUT2D eigenvalue weighted by atomic mass is 16.5. The van der Waals surface area contributed by atoms with Gasteiger partial charge in [-0.3, -0.25) is 4.79 Å². The van der Waals surface area contributed by atoms with E-state index >= 15 is 0 Å². The normalized spacial score (nSPS) is 12.2. The number of carbonyl (C=O) groups excluding carboxylic acids is 1. The summed E-state index contributed by atoms with van der Waals surface area (Å²) in [5.41, 5.74) is 6.49. The van der Waals surface area contributed by atoms with Crippen molar-refractivity contribution in [1.29, 1.82) is 0 Å². The molecule has 0 aliphatic heterocycles. The number of hydrogen-bond acceptors (Lipinski definition) is 3. The van der Waals surface area contributed by atoms with Gasteiger partial charge in [-0.1, -0.05) is 12.1 Å². The maximum absolute atomic E-state index is 11.7. The van der Waals surface area contributed by atoms with Gasteiger partial charge in [0.1, 0.15) is 5.75 Å². The Hall–Kier alpha value is -1.55. The molecule has 0 radical (unpaired) electrons. The van der Waals surface area contributed by atoms with Crippen LogP contribution < -0.4 is 15.8 Å². The van der Waals surface area contributed by atoms with E-state index in [9.17, 15) is 4.79 Å². The lowest BCUT2D eigenvalue weighted by Gasteiger charge is -2.15. The molecule has 4 heteroatoms. The van der Waals surface area contributed by atoms with Crippen molar-refractivity contribution >= 4 is 5.91 Å². The van der Waals surface area contributed by atoms with Crippen LogP contribution in [0, 0.1) is 0 Å². The third-order valence-electron chi connectivity index (χ3n) is 2.99. The van der Waals surface area contributed by atoms with Crippen molar-refractivity contribution in [2.75, 3.05) is 6.54 Å². The SMILES string of the molecule is CC(C)Oc1ccc(C(C)NC(=O)CCCCN)cc1. The molecule has 0 saturated carbocycles. The fraction of sp³-hybridized carbons (Fsp3) is 0.562. The Morgan fingerprint density at radius 2 is 1.85 bits per heavy atom. The molecule has 1 aromatic carbocycles. The van der Waals surface area contributed by atoms with Crippen molar-refractivity contribution in [3.8, 4) is 5.75 Å². The van der Waals surface area contributed by atoms with Crippen LogP contribution in [0.1, 0.15) is 51.6 Å². The summed E-state index contributed by atoms with van der Waals surface area (Å²) >= 11 is 0. The molecule has 1 rings (SSSR count). The predicted molar refractivity (Wildman–Crippen MR) is 81.7 cm³/mol. The van der Waals surface area contributed by atoms with E-state index < -0.39 is 0 Å². The maximum atomic E-state index is 11.7. The highest BCUT2D eigenvalue weighted by molar-refractivity contribution is 5.76. The first-order chi connectivity index (χ1) is 9.52. The summed E-state index contributed by atoms with van der Waals surface area (Å²) in [6.07, 6.45) is 2.44. The summed E-state index contributed by atoms with van der Waals surface area (Å²) in [6, 6.07) is 7.86. The first kappa shape index (κ1) is 16.5. The minimum absolute atomic E-state index is 0.00785. The number of benzene rings is 1. The third kappa shape index (κ3) is 6.06. The van der Waals surface area contributed by atoms with Gasteiger partial charge in [0, 0.05) is 6.42 Å². The predicted octanol–water partition coefficient (Wildman–Crippen LogP) is 2.78. The number of rotatable bonds is 8. The molecular formula is C16H26N2O2. The molecule has 4 nitrogen and oxygen atoms in total. The summed E-state index contributed by atoms with van der Waals surface area (Å²) in [7, 11) is 0. The summed E-state index contributed by atoms with van der Waals surface area (Å²) in [5, 5.41) is 2.99. The standard InChI is InChI=1S/C16H26N2O2/c1-12(2)20-15-9-7-14(8-10-15)13(3)18-16(19)6-4-5-11-17/h7-10,12-13H,4-6,11,17H2,1-3H3,(H,18,19). The number of nitrogens with one attached hydrogen (secondary N) is 1. The molecule has 3 N–H and O–H groups in total. The Kier molecular flexibility index (Phi) is 7.09. The number of nitrogens with two attached hydrogens (primary N) is 1. The Balaban J connectivity index is 2.46. The molecule has 0 fully saturated rings. The lowest BCUT2D eigenvalue weighted by Crippen LogP contribution is -2.26. The first-order valence-electron chi connectivity index (χ1n) is 7.29. The molecular weight excluding hydrogens is 252 g/mol. The molecule has 0 bridgehead atoms. The lowest BCUT2D eigenvalue weighted by atomic mass is 10.1. The zero-order chi connectivity index (χ0) is 15.0. The van der Waals surface area contributed by atoms with Gasteiger partial charge >= 0.3 is 0 Å². The fourth-order valence-corrected chi connectivity index (χ4v) is 1.93. The minimum Gasteiger partial charge on any atom is -0.491 e. The second kappa shape index (κ2) is 8.59. The lowest BCUT2D eigenvalue weighted by molar-refractivity contribution is -0.121. The Bertz CT molecular complexity index is 401. The summed E-state index contributed by atoms with van der Waals surface area (Å²) in [4.78, 5) is 11.7. The Morgan fingerprint density at radius 3 is 2.40 bits per heavy atom. The number of amides is 1. The van der Waals surface area contributed by atoms with Crippen LogP contribution in [0.5, 0.6) is 5.75 Å². The third-order valence-corrected chi connectivity index (χ3v) is 2.99. The van der Waals surface area contributed by atoms with Crippen LogP contribution in [0.3, 0.4) is 0 Å². The highest BCUT2D eigenvalue weighted by Crippen LogP contribution is 2.18. The number of carbonyl (C=O) groups is 1. The fourth-order valence-electron chi connectivity index (χ4n) is 1.93. The molecule has 0 aliphatic carbocycles. The summed E-state index contributed by atoms with van der Waals surface area (Å²) in [6.45, 7) is 6.62. The second-order valence-corrected chi connectivity index (χ2v) is 5.27. The van der Waals surface area contributed by atoms with Crippen molar-refractivity contribution in [3.63, 3.8) is 0 Å². The molecule has 0 aliphatic rings. The second-order valence-electron chi connectivity index (χ2n) is 5.27. The van der Waals surface area contributed by atoms with Gasteiger partial charge in [0.25, 0.3) is 0 Å². The molecule has 0 heterocycles. The highest BCUT2D eigenvalue weighted by Gasteiger charge is 2.09. The zero-order valence-corrected chi connectivity index (χ0v) is 12.7. The monoisotopic (exact) mass is 278 g/mol. The molecule has 20 heavy (non-hydrogen) atoms. The van der Waals surface area contributed by atoms with Gasteiger partial charge < -0.3 is 15.8 Å². The molecule has 0 spiro atoms. The molecule has 0 saturated heterocycles. The summed E-state index contributed by atoms with van der Waals surface area (Å²) in [5.74, 6) is 0.929. The van der Waals surface area contributed by atoms with Gasteiger partial charge in [-0.05, 0) is 57.9 Å². The van der Waals surface area contributed by atoms with Crippen LogP contribution in [-0.2, 0) is 4.79 Å². The van der Waals surface area contributed by atoms with E-state index in [1.54, 1.807) is 0 Å². The van der Waals surface area contributed by atoms with Crippen LogP contribution in [0.15, 0.2) is 24.3 Å². The van der Waals surface area contributed by atoms with E-state index in [0.29, 0.717) is 13.0 Å².